The van der Waals surface area contributed by atoms with E-state index in [0.29, 0.717) is 13.1 Å². The minimum Gasteiger partial charge on any atom is -0.481 e. The number of nitrogens with zero attached hydrogens (tertiary/aromatic N) is 2. The fraction of sp³-hybridized carbons (Fsp3) is 0.300. The first-order chi connectivity index (χ1) is 12.6. The lowest BCUT2D eigenvalue weighted by atomic mass is 10.1. The Kier molecular flexibility index (Phi) is 5.73. The lowest BCUT2D eigenvalue weighted by Gasteiger charge is -2.35. The van der Waals surface area contributed by atoms with Crippen LogP contribution in [0.2, 0.25) is 0 Å². The molecule has 1 aliphatic heterocycles. The molecule has 0 bridgehead atoms. The van der Waals surface area contributed by atoms with Gasteiger partial charge in [0, 0.05) is 31.9 Å². The summed E-state index contributed by atoms with van der Waals surface area (Å²) >= 11 is 0. The molecule has 6 nitrogen and oxygen atoms in total. The third kappa shape index (κ3) is 4.75. The highest BCUT2D eigenvalue weighted by Gasteiger charge is 2.22. The molecule has 0 saturated carbocycles. The van der Waals surface area contributed by atoms with Crippen LogP contribution in [0.1, 0.15) is 11.1 Å². The van der Waals surface area contributed by atoms with Crippen molar-refractivity contribution in [3.05, 3.63) is 65.7 Å². The average Bonchev–Trinajstić information content (AvgIpc) is 2.67. The maximum atomic E-state index is 12.2. The van der Waals surface area contributed by atoms with Crippen molar-refractivity contribution in [3.8, 4) is 0 Å². The molecule has 0 aliphatic carbocycles. The van der Waals surface area contributed by atoms with E-state index in [1.807, 2.05) is 54.6 Å². The zero-order valence-electron chi connectivity index (χ0n) is 14.5. The standard InChI is InChI=1S/C20H22N2O4/c23-19(24)14-16-6-8-18(9-7-16)21-10-12-22(13-11-21)20(25)26-15-17-4-2-1-3-5-17/h1-9H,10-15H2,(H,23,24). The minimum atomic E-state index is -0.833. The van der Waals surface area contributed by atoms with Crippen LogP contribution in [0.5, 0.6) is 0 Å². The van der Waals surface area contributed by atoms with Gasteiger partial charge in [0.05, 0.1) is 6.42 Å². The molecule has 3 rings (SSSR count). The summed E-state index contributed by atoms with van der Waals surface area (Å²) in [4.78, 5) is 26.8. The summed E-state index contributed by atoms with van der Waals surface area (Å²) in [6.07, 6.45) is -0.258. The topological polar surface area (TPSA) is 70.1 Å². The Morgan fingerprint density at radius 1 is 0.885 bits per heavy atom. The van der Waals surface area contributed by atoms with E-state index >= 15 is 0 Å². The highest BCUT2D eigenvalue weighted by molar-refractivity contribution is 5.70. The first-order valence-corrected chi connectivity index (χ1v) is 8.63. The van der Waals surface area contributed by atoms with Crippen molar-refractivity contribution in [2.75, 3.05) is 31.1 Å². The predicted molar refractivity (Wildman–Crippen MR) is 98.2 cm³/mol. The number of carbonyl (C=O) groups is 2. The molecule has 136 valence electrons. The minimum absolute atomic E-state index is 0.0291. The van der Waals surface area contributed by atoms with E-state index in [1.165, 1.54) is 0 Å². The number of piperazine rings is 1. The molecule has 6 heteroatoms. The smallest absolute Gasteiger partial charge is 0.410 e. The number of carboxylic acid groups (broad SMARTS) is 1. The molecule has 0 atom stereocenters. The van der Waals surface area contributed by atoms with Gasteiger partial charge in [0.2, 0.25) is 0 Å². The van der Waals surface area contributed by atoms with Gasteiger partial charge in [-0.1, -0.05) is 42.5 Å². The Hall–Kier alpha value is -3.02. The summed E-state index contributed by atoms with van der Waals surface area (Å²) in [5.41, 5.74) is 2.79. The van der Waals surface area contributed by atoms with Crippen LogP contribution in [0.3, 0.4) is 0 Å². The van der Waals surface area contributed by atoms with Crippen LogP contribution < -0.4 is 4.90 Å². The van der Waals surface area contributed by atoms with Crippen LogP contribution >= 0.6 is 0 Å². The largest absolute Gasteiger partial charge is 0.481 e. The number of aliphatic carboxylic acids is 1. The summed E-state index contributed by atoms with van der Waals surface area (Å²) in [7, 11) is 0. The Labute approximate surface area is 152 Å². The summed E-state index contributed by atoms with van der Waals surface area (Å²) in [5, 5.41) is 8.82. The molecule has 0 radical (unpaired) electrons. The monoisotopic (exact) mass is 354 g/mol. The number of benzene rings is 2. The summed E-state index contributed by atoms with van der Waals surface area (Å²) in [5.74, 6) is -0.833. The number of ether oxygens (including phenoxy) is 1. The van der Waals surface area contributed by atoms with Gasteiger partial charge in [-0.3, -0.25) is 4.79 Å². The van der Waals surface area contributed by atoms with Crippen LogP contribution in [-0.4, -0.2) is 48.2 Å². The molecule has 26 heavy (non-hydrogen) atoms. The first-order valence-electron chi connectivity index (χ1n) is 8.63. The lowest BCUT2D eigenvalue weighted by Crippen LogP contribution is -2.48. The van der Waals surface area contributed by atoms with Crippen LogP contribution in [0.25, 0.3) is 0 Å². The van der Waals surface area contributed by atoms with E-state index in [-0.39, 0.29) is 19.1 Å². The predicted octanol–water partition coefficient (Wildman–Crippen LogP) is 2.77. The Balaban J connectivity index is 1.47. The summed E-state index contributed by atoms with van der Waals surface area (Å²) < 4.78 is 5.37. The molecule has 1 amide bonds. The summed E-state index contributed by atoms with van der Waals surface area (Å²) in [6.45, 7) is 2.93. The quantitative estimate of drug-likeness (QED) is 0.894. The van der Waals surface area contributed by atoms with Crippen molar-refractivity contribution in [2.45, 2.75) is 13.0 Å². The molecule has 0 unspecified atom stereocenters. The van der Waals surface area contributed by atoms with E-state index in [0.717, 1.165) is 29.9 Å². The first kappa shape index (κ1) is 17.8. The van der Waals surface area contributed by atoms with E-state index in [2.05, 4.69) is 4.90 Å². The van der Waals surface area contributed by atoms with Gasteiger partial charge in [-0.2, -0.15) is 0 Å². The maximum Gasteiger partial charge on any atom is 0.410 e. The number of carbonyl (C=O) groups excluding carboxylic acids is 1. The van der Waals surface area contributed by atoms with E-state index in [9.17, 15) is 9.59 Å². The third-order valence-corrected chi connectivity index (χ3v) is 4.40. The molecule has 1 aliphatic rings. The lowest BCUT2D eigenvalue weighted by molar-refractivity contribution is -0.136. The SMILES string of the molecule is O=C(O)Cc1ccc(N2CCN(C(=O)OCc3ccccc3)CC2)cc1. The van der Waals surface area contributed by atoms with Gasteiger partial charge in [-0.05, 0) is 23.3 Å². The second kappa shape index (κ2) is 8.38. The third-order valence-electron chi connectivity index (χ3n) is 4.40. The van der Waals surface area contributed by atoms with Crippen LogP contribution in [-0.2, 0) is 22.6 Å². The molecule has 1 saturated heterocycles. The molecule has 2 aromatic rings. The molecule has 0 aromatic heterocycles. The van der Waals surface area contributed by atoms with Crippen molar-refractivity contribution >= 4 is 17.7 Å². The second-order valence-corrected chi connectivity index (χ2v) is 6.25. The second-order valence-electron chi connectivity index (χ2n) is 6.25. The molecular formula is C20H22N2O4. The molecule has 1 heterocycles. The molecule has 2 aromatic carbocycles. The van der Waals surface area contributed by atoms with E-state index in [1.54, 1.807) is 4.90 Å². The number of carboxylic acids is 1. The number of amides is 1. The van der Waals surface area contributed by atoms with Gasteiger partial charge in [-0.25, -0.2) is 4.79 Å². The van der Waals surface area contributed by atoms with Gasteiger partial charge in [0.1, 0.15) is 6.61 Å². The molecule has 1 N–H and O–H groups in total. The van der Waals surface area contributed by atoms with Crippen LogP contribution in [0.15, 0.2) is 54.6 Å². The van der Waals surface area contributed by atoms with Gasteiger partial charge in [-0.15, -0.1) is 0 Å². The Morgan fingerprint density at radius 3 is 2.15 bits per heavy atom. The van der Waals surface area contributed by atoms with Crippen molar-refractivity contribution < 1.29 is 19.4 Å². The van der Waals surface area contributed by atoms with Gasteiger partial charge >= 0.3 is 12.1 Å². The Bertz CT molecular complexity index is 738. The zero-order chi connectivity index (χ0) is 18.4. The number of anilines is 1. The van der Waals surface area contributed by atoms with Gasteiger partial charge in [0.15, 0.2) is 0 Å². The molecular weight excluding hydrogens is 332 g/mol. The maximum absolute atomic E-state index is 12.2. The number of hydrogen-bond donors (Lipinski definition) is 1. The highest BCUT2D eigenvalue weighted by Crippen LogP contribution is 2.18. The fourth-order valence-corrected chi connectivity index (χ4v) is 2.96. The van der Waals surface area contributed by atoms with Crippen molar-refractivity contribution in [2.24, 2.45) is 0 Å². The number of rotatable bonds is 5. The summed E-state index contributed by atoms with van der Waals surface area (Å²) in [6, 6.07) is 17.2. The van der Waals surface area contributed by atoms with E-state index in [4.69, 9.17) is 9.84 Å². The molecule has 1 fully saturated rings. The Morgan fingerprint density at radius 2 is 1.54 bits per heavy atom. The van der Waals surface area contributed by atoms with Gasteiger partial charge in [0.25, 0.3) is 0 Å². The van der Waals surface area contributed by atoms with Crippen molar-refractivity contribution in [3.63, 3.8) is 0 Å². The molecule has 0 spiro atoms. The van der Waals surface area contributed by atoms with Crippen molar-refractivity contribution in [1.82, 2.24) is 4.90 Å². The zero-order valence-corrected chi connectivity index (χ0v) is 14.5. The fourth-order valence-electron chi connectivity index (χ4n) is 2.96. The van der Waals surface area contributed by atoms with Crippen molar-refractivity contribution in [1.29, 1.82) is 0 Å². The van der Waals surface area contributed by atoms with Gasteiger partial charge < -0.3 is 19.6 Å². The highest BCUT2D eigenvalue weighted by atomic mass is 16.6. The van der Waals surface area contributed by atoms with E-state index < -0.39 is 5.97 Å². The number of hydrogen-bond acceptors (Lipinski definition) is 4. The normalized spacial score (nSPS) is 14.2. The average molecular weight is 354 g/mol. The van der Waals surface area contributed by atoms with Crippen LogP contribution in [0, 0.1) is 0 Å². The van der Waals surface area contributed by atoms with Crippen LogP contribution in [0.4, 0.5) is 10.5 Å².